The molecule has 1 aliphatic heterocycles. The van der Waals surface area contributed by atoms with Crippen molar-refractivity contribution < 1.29 is 0 Å². The van der Waals surface area contributed by atoms with Gasteiger partial charge in [-0.15, -0.1) is 0 Å². The number of likely N-dealkylation sites (tertiary alicyclic amines) is 1. The van der Waals surface area contributed by atoms with Crippen molar-refractivity contribution in [3.05, 3.63) is 12.2 Å². The molecule has 1 rings (SSSR count). The molecule has 0 aromatic heterocycles. The third-order valence-electron chi connectivity index (χ3n) is 2.50. The third-order valence-corrected chi connectivity index (χ3v) is 2.50. The van der Waals surface area contributed by atoms with Gasteiger partial charge in [-0.1, -0.05) is 19.9 Å². The minimum atomic E-state index is 0.805. The van der Waals surface area contributed by atoms with Gasteiger partial charge in [0.25, 0.3) is 0 Å². The summed E-state index contributed by atoms with van der Waals surface area (Å²) in [6.07, 6.45) is 4.87. The second kappa shape index (κ2) is 5.04. The average molecular weight is 178 g/mol. The summed E-state index contributed by atoms with van der Waals surface area (Å²) in [6.45, 7) is 7.90. The molecule has 2 atom stereocenters. The molecule has 1 heterocycles. The van der Waals surface area contributed by atoms with E-state index in [4.69, 9.17) is 5.26 Å². The van der Waals surface area contributed by atoms with Gasteiger partial charge in [-0.3, -0.25) is 4.90 Å². The van der Waals surface area contributed by atoms with Crippen LogP contribution in [-0.4, -0.2) is 24.5 Å². The smallest absolute Gasteiger partial charge is 0.0909 e. The fourth-order valence-corrected chi connectivity index (χ4v) is 2.20. The van der Waals surface area contributed by atoms with Gasteiger partial charge >= 0.3 is 0 Å². The molecule has 0 aromatic carbocycles. The lowest BCUT2D eigenvalue weighted by atomic mass is 9.92. The Balaban J connectivity index is 2.34. The van der Waals surface area contributed by atoms with Crippen molar-refractivity contribution in [2.45, 2.75) is 20.3 Å². The van der Waals surface area contributed by atoms with E-state index in [9.17, 15) is 0 Å². The number of rotatable bonds is 2. The molecule has 13 heavy (non-hydrogen) atoms. The maximum absolute atomic E-state index is 8.34. The summed E-state index contributed by atoms with van der Waals surface area (Å²) in [7, 11) is 0. The van der Waals surface area contributed by atoms with E-state index in [1.165, 1.54) is 19.5 Å². The Hall–Kier alpha value is -0.810. The van der Waals surface area contributed by atoms with Crippen molar-refractivity contribution in [3.63, 3.8) is 0 Å². The van der Waals surface area contributed by atoms with Gasteiger partial charge in [0.2, 0.25) is 0 Å². The summed E-state index contributed by atoms with van der Waals surface area (Å²) in [5, 5.41) is 8.34. The van der Waals surface area contributed by atoms with Crippen LogP contribution in [0, 0.1) is 23.2 Å². The van der Waals surface area contributed by atoms with Gasteiger partial charge < -0.3 is 0 Å². The number of nitriles is 1. The first-order chi connectivity index (χ1) is 6.22. The van der Waals surface area contributed by atoms with Crippen LogP contribution < -0.4 is 0 Å². The average Bonchev–Trinajstić information content (AvgIpc) is 2.03. The fourth-order valence-electron chi connectivity index (χ4n) is 2.20. The highest BCUT2D eigenvalue weighted by atomic mass is 15.1. The predicted molar refractivity (Wildman–Crippen MR) is 54.1 cm³/mol. The molecule has 2 heteroatoms. The van der Waals surface area contributed by atoms with E-state index in [-0.39, 0.29) is 0 Å². The highest BCUT2D eigenvalue weighted by molar-refractivity contribution is 5.02. The molecule has 1 fully saturated rings. The first-order valence-electron chi connectivity index (χ1n) is 4.99. The van der Waals surface area contributed by atoms with Crippen molar-refractivity contribution in [1.29, 1.82) is 5.26 Å². The lowest BCUT2D eigenvalue weighted by Gasteiger charge is -2.34. The van der Waals surface area contributed by atoms with Crippen LogP contribution in [0.4, 0.5) is 0 Å². The molecule has 2 nitrogen and oxygen atoms in total. The molecule has 0 aliphatic carbocycles. The van der Waals surface area contributed by atoms with Gasteiger partial charge in [0.15, 0.2) is 0 Å². The Kier molecular flexibility index (Phi) is 3.98. The molecule has 72 valence electrons. The highest BCUT2D eigenvalue weighted by Crippen LogP contribution is 2.20. The quantitative estimate of drug-likeness (QED) is 0.605. The van der Waals surface area contributed by atoms with E-state index in [0.717, 1.165) is 18.4 Å². The summed E-state index contributed by atoms with van der Waals surface area (Å²) >= 11 is 0. The Morgan fingerprint density at radius 3 is 2.54 bits per heavy atom. The van der Waals surface area contributed by atoms with Gasteiger partial charge in [-0.05, 0) is 18.3 Å². The van der Waals surface area contributed by atoms with Crippen LogP contribution in [0.2, 0.25) is 0 Å². The Bertz CT molecular complexity index is 205. The first kappa shape index (κ1) is 10.3. The molecule has 0 aromatic rings. The van der Waals surface area contributed by atoms with Crippen LogP contribution >= 0.6 is 0 Å². The Morgan fingerprint density at radius 1 is 1.38 bits per heavy atom. The van der Waals surface area contributed by atoms with Crippen molar-refractivity contribution in [1.82, 2.24) is 4.90 Å². The van der Waals surface area contributed by atoms with Crippen LogP contribution in [-0.2, 0) is 0 Å². The molecule has 2 unspecified atom stereocenters. The zero-order valence-electron chi connectivity index (χ0n) is 8.53. The SMILES string of the molecule is CC1CC(C)CN(C/C=C/C#N)C1. The van der Waals surface area contributed by atoms with Crippen molar-refractivity contribution >= 4 is 0 Å². The standard InChI is InChI=1S/C11H18N2/c1-10-7-11(2)9-13(8-10)6-4-3-5-12/h3-4,10-11H,6-9H2,1-2H3/b4-3+. The van der Waals surface area contributed by atoms with Crippen LogP contribution in [0.5, 0.6) is 0 Å². The summed E-state index contributed by atoms with van der Waals surface area (Å²) in [5.41, 5.74) is 0. The zero-order valence-corrected chi connectivity index (χ0v) is 8.53. The Labute approximate surface area is 80.8 Å². The molecule has 0 saturated carbocycles. The second-order valence-electron chi connectivity index (χ2n) is 4.20. The van der Waals surface area contributed by atoms with Crippen molar-refractivity contribution in [2.24, 2.45) is 11.8 Å². The summed E-state index contributed by atoms with van der Waals surface area (Å²) < 4.78 is 0. The predicted octanol–water partition coefficient (Wildman–Crippen LogP) is 2.04. The van der Waals surface area contributed by atoms with E-state index in [2.05, 4.69) is 18.7 Å². The number of hydrogen-bond acceptors (Lipinski definition) is 2. The van der Waals surface area contributed by atoms with E-state index in [1.54, 1.807) is 6.08 Å². The van der Waals surface area contributed by atoms with Gasteiger partial charge in [0.05, 0.1) is 6.07 Å². The lowest BCUT2D eigenvalue weighted by Crippen LogP contribution is -2.38. The van der Waals surface area contributed by atoms with E-state index in [0.29, 0.717) is 0 Å². The normalized spacial score (nSPS) is 30.5. The monoisotopic (exact) mass is 178 g/mol. The molecule has 0 radical (unpaired) electrons. The molecule has 0 spiro atoms. The molecular formula is C11H18N2. The third kappa shape index (κ3) is 3.61. The minimum absolute atomic E-state index is 0.805. The molecule has 1 saturated heterocycles. The van der Waals surface area contributed by atoms with E-state index in [1.807, 2.05) is 12.1 Å². The van der Waals surface area contributed by atoms with Gasteiger partial charge in [-0.2, -0.15) is 5.26 Å². The van der Waals surface area contributed by atoms with Gasteiger partial charge in [-0.25, -0.2) is 0 Å². The Morgan fingerprint density at radius 2 is 2.00 bits per heavy atom. The summed E-state index contributed by atoms with van der Waals surface area (Å²) in [4.78, 5) is 2.42. The van der Waals surface area contributed by atoms with E-state index >= 15 is 0 Å². The van der Waals surface area contributed by atoms with Crippen LogP contribution in [0.3, 0.4) is 0 Å². The lowest BCUT2D eigenvalue weighted by molar-refractivity contribution is 0.155. The number of allylic oxidation sites excluding steroid dienone is 1. The van der Waals surface area contributed by atoms with Crippen molar-refractivity contribution in [3.8, 4) is 6.07 Å². The number of piperidine rings is 1. The zero-order chi connectivity index (χ0) is 9.68. The minimum Gasteiger partial charge on any atom is -0.299 e. The topological polar surface area (TPSA) is 27.0 Å². The molecular weight excluding hydrogens is 160 g/mol. The highest BCUT2D eigenvalue weighted by Gasteiger charge is 2.20. The fraction of sp³-hybridized carbons (Fsp3) is 0.727. The van der Waals surface area contributed by atoms with Crippen LogP contribution in [0.25, 0.3) is 0 Å². The summed E-state index contributed by atoms with van der Waals surface area (Å²) in [5.74, 6) is 1.61. The van der Waals surface area contributed by atoms with Crippen LogP contribution in [0.1, 0.15) is 20.3 Å². The second-order valence-corrected chi connectivity index (χ2v) is 4.20. The maximum atomic E-state index is 8.34. The first-order valence-corrected chi connectivity index (χ1v) is 4.99. The maximum Gasteiger partial charge on any atom is 0.0909 e. The molecule has 0 amide bonds. The number of nitrogens with zero attached hydrogens (tertiary/aromatic N) is 2. The molecule has 0 bridgehead atoms. The van der Waals surface area contributed by atoms with Gasteiger partial charge in [0, 0.05) is 25.7 Å². The molecule has 1 aliphatic rings. The van der Waals surface area contributed by atoms with Gasteiger partial charge in [0.1, 0.15) is 0 Å². The largest absolute Gasteiger partial charge is 0.299 e. The molecule has 0 N–H and O–H groups in total. The number of hydrogen-bond donors (Lipinski definition) is 0. The van der Waals surface area contributed by atoms with E-state index < -0.39 is 0 Å². The van der Waals surface area contributed by atoms with Crippen LogP contribution in [0.15, 0.2) is 12.2 Å². The van der Waals surface area contributed by atoms with Crippen molar-refractivity contribution in [2.75, 3.05) is 19.6 Å². The summed E-state index contributed by atoms with van der Waals surface area (Å²) in [6, 6.07) is 2.02.